The van der Waals surface area contributed by atoms with Gasteiger partial charge in [-0.25, -0.2) is 4.98 Å². The van der Waals surface area contributed by atoms with E-state index < -0.39 is 18.0 Å². The molecule has 0 aliphatic carbocycles. The molecule has 0 aliphatic rings. The second kappa shape index (κ2) is 10.8. The third-order valence-electron chi connectivity index (χ3n) is 5.06. The Morgan fingerprint density at radius 1 is 1.12 bits per heavy atom. The molecule has 2 atom stereocenters. The number of para-hydroxylation sites is 1. The van der Waals surface area contributed by atoms with Gasteiger partial charge in [-0.1, -0.05) is 50.2 Å². The fourth-order valence-electron chi connectivity index (χ4n) is 3.47. The van der Waals surface area contributed by atoms with Gasteiger partial charge in [0.15, 0.2) is 5.01 Å². The molecule has 3 rings (SSSR count). The van der Waals surface area contributed by atoms with Crippen molar-refractivity contribution in [1.29, 1.82) is 0 Å². The lowest BCUT2D eigenvalue weighted by atomic mass is 9.98. The van der Waals surface area contributed by atoms with Gasteiger partial charge < -0.3 is 16.5 Å². The number of nitrogens with two attached hydrogens (primary N) is 1. The molecule has 172 valence electrons. The van der Waals surface area contributed by atoms with E-state index in [0.29, 0.717) is 5.01 Å². The summed E-state index contributed by atoms with van der Waals surface area (Å²) in [6, 6.07) is 13.3. The lowest BCUT2D eigenvalue weighted by Crippen LogP contribution is -2.53. The Bertz CT molecular complexity index is 1150. The number of hydrogen-bond acceptors (Lipinski definition) is 7. The number of benzene rings is 2. The standard InChI is InChI=1S/C24H27N5O3S/c1-14(2)21(27-15(3)30)23(32)28-19(12-16-7-6-8-17(11-16)13-26-25)22(31)24-29-18-9-4-5-10-20(18)33-24/h4-11,13-14,19,21H,12,25H2,1-3H3,(H,27,30)(H,28,32). The largest absolute Gasteiger partial charge is 0.344 e. The van der Waals surface area contributed by atoms with Crippen LogP contribution in [0.15, 0.2) is 53.6 Å². The van der Waals surface area contributed by atoms with Gasteiger partial charge in [-0.05, 0) is 29.2 Å². The second-order valence-corrected chi connectivity index (χ2v) is 9.09. The van der Waals surface area contributed by atoms with Crippen molar-refractivity contribution in [1.82, 2.24) is 15.6 Å². The SMILES string of the molecule is CC(=O)NC(C(=O)NC(Cc1cccc(C=NN)c1)C(=O)c1nc2ccccc2s1)C(C)C. The number of thiazole rings is 1. The van der Waals surface area contributed by atoms with Gasteiger partial charge >= 0.3 is 0 Å². The lowest BCUT2D eigenvalue weighted by Gasteiger charge is -2.24. The second-order valence-electron chi connectivity index (χ2n) is 8.06. The maximum atomic E-state index is 13.5. The minimum Gasteiger partial charge on any atom is -0.344 e. The van der Waals surface area contributed by atoms with Gasteiger partial charge in [-0.15, -0.1) is 11.3 Å². The molecule has 0 saturated heterocycles. The van der Waals surface area contributed by atoms with E-state index in [1.54, 1.807) is 0 Å². The van der Waals surface area contributed by atoms with E-state index in [0.717, 1.165) is 21.3 Å². The molecule has 8 nitrogen and oxygen atoms in total. The van der Waals surface area contributed by atoms with Crippen molar-refractivity contribution >= 4 is 45.4 Å². The number of hydrazone groups is 1. The number of carbonyl (C=O) groups excluding carboxylic acids is 3. The average molecular weight is 466 g/mol. The van der Waals surface area contributed by atoms with Crippen molar-refractivity contribution in [3.63, 3.8) is 0 Å². The summed E-state index contributed by atoms with van der Waals surface area (Å²) in [5, 5.41) is 9.38. The van der Waals surface area contributed by atoms with Crippen molar-refractivity contribution < 1.29 is 14.4 Å². The molecule has 2 unspecified atom stereocenters. The Hall–Kier alpha value is -3.59. The zero-order chi connectivity index (χ0) is 24.0. The maximum absolute atomic E-state index is 13.5. The van der Waals surface area contributed by atoms with Crippen LogP contribution in [-0.2, 0) is 16.0 Å². The van der Waals surface area contributed by atoms with E-state index in [1.807, 2.05) is 62.4 Å². The van der Waals surface area contributed by atoms with Crippen molar-refractivity contribution in [2.45, 2.75) is 39.3 Å². The van der Waals surface area contributed by atoms with Crippen LogP contribution < -0.4 is 16.5 Å². The Morgan fingerprint density at radius 2 is 1.88 bits per heavy atom. The van der Waals surface area contributed by atoms with Crippen LogP contribution in [0.1, 0.15) is 41.7 Å². The van der Waals surface area contributed by atoms with Crippen LogP contribution in [0, 0.1) is 5.92 Å². The molecule has 3 aromatic rings. The quantitative estimate of drug-likeness (QED) is 0.194. The smallest absolute Gasteiger partial charge is 0.243 e. The van der Waals surface area contributed by atoms with Crippen LogP contribution in [-0.4, -0.2) is 40.9 Å². The molecule has 2 amide bonds. The first-order valence-corrected chi connectivity index (χ1v) is 11.4. The number of nitrogens with zero attached hydrogens (tertiary/aromatic N) is 2. The normalized spacial score (nSPS) is 13.2. The predicted octanol–water partition coefficient (Wildman–Crippen LogP) is 2.66. The van der Waals surface area contributed by atoms with E-state index in [1.165, 1.54) is 24.5 Å². The Labute approximate surface area is 196 Å². The fourth-order valence-corrected chi connectivity index (χ4v) is 4.43. The molecule has 4 N–H and O–H groups in total. The molecule has 0 spiro atoms. The molecule has 0 saturated carbocycles. The highest BCUT2D eigenvalue weighted by molar-refractivity contribution is 7.20. The number of carbonyl (C=O) groups is 3. The molecule has 1 aromatic heterocycles. The monoisotopic (exact) mass is 465 g/mol. The molecule has 0 radical (unpaired) electrons. The average Bonchev–Trinajstić information content (AvgIpc) is 3.21. The minimum absolute atomic E-state index is 0.156. The molecule has 33 heavy (non-hydrogen) atoms. The first kappa shape index (κ1) is 24.1. The van der Waals surface area contributed by atoms with Crippen LogP contribution in [0.4, 0.5) is 0 Å². The number of ketones is 1. The zero-order valence-electron chi connectivity index (χ0n) is 18.7. The maximum Gasteiger partial charge on any atom is 0.243 e. The summed E-state index contributed by atoms with van der Waals surface area (Å²) >= 11 is 1.29. The molecule has 1 heterocycles. The third kappa shape index (κ3) is 6.23. The summed E-state index contributed by atoms with van der Waals surface area (Å²) < 4.78 is 0.894. The number of aromatic nitrogens is 1. The number of rotatable bonds is 9. The Balaban J connectivity index is 1.92. The summed E-state index contributed by atoms with van der Waals surface area (Å²) in [5.74, 6) is 4.09. The van der Waals surface area contributed by atoms with Crippen molar-refractivity contribution in [2.24, 2.45) is 16.9 Å². The Morgan fingerprint density at radius 3 is 2.55 bits per heavy atom. The zero-order valence-corrected chi connectivity index (χ0v) is 19.6. The summed E-state index contributed by atoms with van der Waals surface area (Å²) in [5.41, 5.74) is 2.34. The number of amides is 2. The van der Waals surface area contributed by atoms with Gasteiger partial charge in [0, 0.05) is 13.3 Å². The Kier molecular flexibility index (Phi) is 7.89. The van der Waals surface area contributed by atoms with Gasteiger partial charge in [0.2, 0.25) is 17.6 Å². The predicted molar refractivity (Wildman–Crippen MR) is 130 cm³/mol. The van der Waals surface area contributed by atoms with Crippen LogP contribution >= 0.6 is 11.3 Å². The highest BCUT2D eigenvalue weighted by Gasteiger charge is 2.30. The van der Waals surface area contributed by atoms with Crippen LogP contribution in [0.25, 0.3) is 10.2 Å². The number of nitrogens with one attached hydrogen (secondary N) is 2. The number of hydrogen-bond donors (Lipinski definition) is 3. The minimum atomic E-state index is -0.863. The van der Waals surface area contributed by atoms with E-state index in [9.17, 15) is 14.4 Å². The third-order valence-corrected chi connectivity index (χ3v) is 6.11. The highest BCUT2D eigenvalue weighted by Crippen LogP contribution is 2.23. The molecule has 2 aromatic carbocycles. The topological polar surface area (TPSA) is 127 Å². The van der Waals surface area contributed by atoms with E-state index in [4.69, 9.17) is 5.84 Å². The lowest BCUT2D eigenvalue weighted by molar-refractivity contribution is -0.129. The van der Waals surface area contributed by atoms with E-state index in [2.05, 4.69) is 20.7 Å². The van der Waals surface area contributed by atoms with E-state index in [-0.39, 0.29) is 24.0 Å². The molecular formula is C24H27N5O3S. The van der Waals surface area contributed by atoms with Gasteiger partial charge in [-0.3, -0.25) is 14.4 Å². The van der Waals surface area contributed by atoms with Gasteiger partial charge in [0.25, 0.3) is 0 Å². The summed E-state index contributed by atoms with van der Waals surface area (Å²) in [6.45, 7) is 5.03. The first-order valence-electron chi connectivity index (χ1n) is 10.6. The van der Waals surface area contributed by atoms with Crippen molar-refractivity contribution in [2.75, 3.05) is 0 Å². The van der Waals surface area contributed by atoms with Gasteiger partial charge in [0.05, 0.1) is 22.5 Å². The molecule has 0 bridgehead atoms. The van der Waals surface area contributed by atoms with Crippen molar-refractivity contribution in [3.05, 3.63) is 64.7 Å². The molecule has 0 aliphatic heterocycles. The highest BCUT2D eigenvalue weighted by atomic mass is 32.1. The number of Topliss-reactive ketones (excluding diaryl/α,β-unsaturated/α-hetero) is 1. The molecule has 9 heteroatoms. The number of fused-ring (bicyclic) bond motifs is 1. The summed E-state index contributed by atoms with van der Waals surface area (Å²) in [7, 11) is 0. The van der Waals surface area contributed by atoms with Gasteiger partial charge in [0.1, 0.15) is 6.04 Å². The molecule has 0 fully saturated rings. The van der Waals surface area contributed by atoms with E-state index >= 15 is 0 Å². The first-order chi connectivity index (χ1) is 15.8. The van der Waals surface area contributed by atoms with Crippen molar-refractivity contribution in [3.8, 4) is 0 Å². The fraction of sp³-hybridized carbons (Fsp3) is 0.292. The van der Waals surface area contributed by atoms with Crippen LogP contribution in [0.5, 0.6) is 0 Å². The summed E-state index contributed by atoms with van der Waals surface area (Å²) in [4.78, 5) is 42.6. The van der Waals surface area contributed by atoms with Crippen LogP contribution in [0.3, 0.4) is 0 Å². The summed E-state index contributed by atoms with van der Waals surface area (Å²) in [6.07, 6.45) is 1.76. The molecular weight excluding hydrogens is 438 g/mol. The van der Waals surface area contributed by atoms with Gasteiger partial charge in [-0.2, -0.15) is 5.10 Å². The van der Waals surface area contributed by atoms with Crippen LogP contribution in [0.2, 0.25) is 0 Å².